The monoisotopic (exact) mass is 514 g/mol. The van der Waals surface area contributed by atoms with Crippen LogP contribution >= 0.6 is 35.3 Å². The van der Waals surface area contributed by atoms with Crippen LogP contribution in [0.15, 0.2) is 46.8 Å². The van der Waals surface area contributed by atoms with E-state index in [0.29, 0.717) is 6.54 Å². The van der Waals surface area contributed by atoms with Crippen LogP contribution < -0.4 is 16.0 Å². The summed E-state index contributed by atoms with van der Waals surface area (Å²) in [5.74, 6) is 0.879. The number of halogens is 1. The van der Waals surface area contributed by atoms with Crippen LogP contribution in [0.3, 0.4) is 0 Å². The van der Waals surface area contributed by atoms with Crippen molar-refractivity contribution in [2.24, 2.45) is 10.9 Å². The lowest BCUT2D eigenvalue weighted by molar-refractivity contribution is -0.119. The van der Waals surface area contributed by atoms with Crippen molar-refractivity contribution in [3.63, 3.8) is 0 Å². The second-order valence-corrected chi connectivity index (χ2v) is 7.48. The van der Waals surface area contributed by atoms with Crippen LogP contribution in [-0.2, 0) is 17.8 Å². The normalized spacial score (nSPS) is 12.0. The summed E-state index contributed by atoms with van der Waals surface area (Å²) >= 11 is 1.77. The van der Waals surface area contributed by atoms with Crippen molar-refractivity contribution >= 4 is 52.9 Å². The second kappa shape index (κ2) is 13.5. The highest BCUT2D eigenvalue weighted by atomic mass is 127. The SMILES string of the molecule is CCNC(=NCc1cccc(NC(=O)C(C)CC)c1)NCCc1cccs1.I. The number of amides is 1. The Bertz CT molecular complexity index is 734. The van der Waals surface area contributed by atoms with Gasteiger partial charge in [0.2, 0.25) is 5.91 Å². The Balaban J connectivity index is 0.00000392. The molecule has 0 aliphatic heterocycles. The van der Waals surface area contributed by atoms with Gasteiger partial charge in [0.25, 0.3) is 0 Å². The van der Waals surface area contributed by atoms with Crippen LogP contribution in [0.4, 0.5) is 5.69 Å². The van der Waals surface area contributed by atoms with Gasteiger partial charge in [0.05, 0.1) is 6.54 Å². The van der Waals surface area contributed by atoms with Gasteiger partial charge < -0.3 is 16.0 Å². The maximum absolute atomic E-state index is 12.1. The van der Waals surface area contributed by atoms with Crippen molar-refractivity contribution in [1.82, 2.24) is 10.6 Å². The molecular weight excluding hydrogens is 483 g/mol. The second-order valence-electron chi connectivity index (χ2n) is 6.45. The number of rotatable bonds is 9. The Labute approximate surface area is 189 Å². The van der Waals surface area contributed by atoms with Gasteiger partial charge in [0.15, 0.2) is 5.96 Å². The number of hydrogen-bond donors (Lipinski definition) is 3. The van der Waals surface area contributed by atoms with Crippen LogP contribution in [-0.4, -0.2) is 25.0 Å². The minimum Gasteiger partial charge on any atom is -0.357 e. The zero-order valence-electron chi connectivity index (χ0n) is 16.8. The van der Waals surface area contributed by atoms with E-state index in [4.69, 9.17) is 0 Å². The minimum atomic E-state index is 0. The fraction of sp³-hybridized carbons (Fsp3) is 0.429. The molecule has 1 heterocycles. The molecule has 2 aromatic rings. The van der Waals surface area contributed by atoms with Crippen LogP contribution in [0.5, 0.6) is 0 Å². The molecule has 0 bridgehead atoms. The fourth-order valence-electron chi connectivity index (χ4n) is 2.47. The number of carbonyl (C=O) groups excluding carboxylic acids is 1. The summed E-state index contributed by atoms with van der Waals surface area (Å²) in [7, 11) is 0. The van der Waals surface area contributed by atoms with E-state index in [1.807, 2.05) is 38.1 Å². The molecule has 0 saturated carbocycles. The molecule has 7 heteroatoms. The highest BCUT2D eigenvalue weighted by Gasteiger charge is 2.10. The third kappa shape index (κ3) is 8.60. The van der Waals surface area contributed by atoms with E-state index >= 15 is 0 Å². The molecule has 154 valence electrons. The lowest BCUT2D eigenvalue weighted by Crippen LogP contribution is -2.38. The van der Waals surface area contributed by atoms with E-state index in [9.17, 15) is 4.79 Å². The number of aliphatic imine (C=N–C) groups is 1. The summed E-state index contributed by atoms with van der Waals surface area (Å²) in [6, 6.07) is 12.1. The first-order valence-corrected chi connectivity index (χ1v) is 10.4. The molecule has 1 aromatic heterocycles. The van der Waals surface area contributed by atoms with Crippen molar-refractivity contribution in [2.45, 2.75) is 40.2 Å². The van der Waals surface area contributed by atoms with Gasteiger partial charge in [0.1, 0.15) is 0 Å². The predicted octanol–water partition coefficient (Wildman–Crippen LogP) is 4.65. The summed E-state index contributed by atoms with van der Waals surface area (Å²) in [4.78, 5) is 18.1. The third-order valence-electron chi connectivity index (χ3n) is 4.26. The smallest absolute Gasteiger partial charge is 0.227 e. The average molecular weight is 514 g/mol. The number of nitrogens with one attached hydrogen (secondary N) is 3. The fourth-order valence-corrected chi connectivity index (χ4v) is 3.18. The number of hydrogen-bond acceptors (Lipinski definition) is 3. The summed E-state index contributed by atoms with van der Waals surface area (Å²) in [5, 5.41) is 11.7. The lowest BCUT2D eigenvalue weighted by atomic mass is 10.1. The van der Waals surface area contributed by atoms with Gasteiger partial charge in [-0.2, -0.15) is 0 Å². The van der Waals surface area contributed by atoms with E-state index in [-0.39, 0.29) is 35.8 Å². The summed E-state index contributed by atoms with van der Waals surface area (Å²) < 4.78 is 0. The van der Waals surface area contributed by atoms with E-state index in [0.717, 1.165) is 43.1 Å². The van der Waals surface area contributed by atoms with Gasteiger partial charge >= 0.3 is 0 Å². The topological polar surface area (TPSA) is 65.5 Å². The Morgan fingerprint density at radius 1 is 1.18 bits per heavy atom. The molecule has 1 aromatic carbocycles. The molecule has 0 aliphatic rings. The molecule has 5 nitrogen and oxygen atoms in total. The average Bonchev–Trinajstić information content (AvgIpc) is 3.19. The van der Waals surface area contributed by atoms with Gasteiger partial charge in [-0.1, -0.05) is 32.0 Å². The predicted molar refractivity (Wildman–Crippen MR) is 131 cm³/mol. The first-order valence-electron chi connectivity index (χ1n) is 9.56. The van der Waals surface area contributed by atoms with Gasteiger partial charge in [-0.25, -0.2) is 4.99 Å². The van der Waals surface area contributed by atoms with E-state index in [1.54, 1.807) is 11.3 Å². The van der Waals surface area contributed by atoms with Gasteiger partial charge in [-0.3, -0.25) is 4.79 Å². The number of benzene rings is 1. The van der Waals surface area contributed by atoms with Crippen molar-refractivity contribution < 1.29 is 4.79 Å². The van der Waals surface area contributed by atoms with E-state index in [1.165, 1.54) is 4.88 Å². The van der Waals surface area contributed by atoms with Crippen molar-refractivity contribution in [3.05, 3.63) is 52.2 Å². The van der Waals surface area contributed by atoms with Gasteiger partial charge in [0, 0.05) is 29.6 Å². The number of guanidine groups is 1. The number of nitrogens with zero attached hydrogens (tertiary/aromatic N) is 1. The maximum atomic E-state index is 12.1. The van der Waals surface area contributed by atoms with Crippen LogP contribution in [0.1, 0.15) is 37.6 Å². The zero-order valence-corrected chi connectivity index (χ0v) is 20.0. The minimum absolute atomic E-state index is 0. The Hall–Kier alpha value is -1.61. The molecule has 0 radical (unpaired) electrons. The zero-order chi connectivity index (χ0) is 19.5. The molecule has 0 saturated heterocycles. The first-order chi connectivity index (χ1) is 13.1. The van der Waals surface area contributed by atoms with E-state index < -0.39 is 0 Å². The molecule has 2 rings (SSSR count). The molecule has 1 amide bonds. The molecule has 3 N–H and O–H groups in total. The molecule has 1 unspecified atom stereocenters. The molecule has 28 heavy (non-hydrogen) atoms. The molecule has 1 atom stereocenters. The Morgan fingerprint density at radius 2 is 2.00 bits per heavy atom. The highest BCUT2D eigenvalue weighted by molar-refractivity contribution is 14.0. The Kier molecular flexibility index (Phi) is 11.8. The lowest BCUT2D eigenvalue weighted by Gasteiger charge is -2.12. The van der Waals surface area contributed by atoms with Crippen LogP contribution in [0.25, 0.3) is 0 Å². The van der Waals surface area contributed by atoms with Gasteiger partial charge in [-0.15, -0.1) is 35.3 Å². The third-order valence-corrected chi connectivity index (χ3v) is 5.20. The quantitative estimate of drug-likeness (QED) is 0.259. The van der Waals surface area contributed by atoms with Crippen LogP contribution in [0.2, 0.25) is 0 Å². The molecule has 0 fully saturated rings. The largest absolute Gasteiger partial charge is 0.357 e. The van der Waals surface area contributed by atoms with Crippen molar-refractivity contribution in [2.75, 3.05) is 18.4 Å². The molecule has 0 spiro atoms. The summed E-state index contributed by atoms with van der Waals surface area (Å²) in [6.07, 6.45) is 1.82. The first kappa shape index (κ1) is 24.4. The summed E-state index contributed by atoms with van der Waals surface area (Å²) in [5.41, 5.74) is 1.89. The number of anilines is 1. The van der Waals surface area contributed by atoms with Crippen LogP contribution in [0, 0.1) is 5.92 Å². The standard InChI is InChI=1S/C21H30N4OS.HI/c1-4-16(3)20(26)25-18-9-6-8-17(14-18)15-24-21(22-5-2)23-12-11-19-10-7-13-27-19;/h6-10,13-14,16H,4-5,11-12,15H2,1-3H3,(H,25,26)(H2,22,23,24);1H. The van der Waals surface area contributed by atoms with Crippen molar-refractivity contribution in [3.8, 4) is 0 Å². The highest BCUT2D eigenvalue weighted by Crippen LogP contribution is 2.14. The Morgan fingerprint density at radius 3 is 2.68 bits per heavy atom. The number of thiophene rings is 1. The summed E-state index contributed by atoms with van der Waals surface area (Å²) in [6.45, 7) is 8.23. The van der Waals surface area contributed by atoms with E-state index in [2.05, 4.69) is 45.4 Å². The molecule has 0 aliphatic carbocycles. The van der Waals surface area contributed by atoms with Gasteiger partial charge in [-0.05, 0) is 48.9 Å². The molecular formula is C21H31IN4OS. The maximum Gasteiger partial charge on any atom is 0.227 e. The van der Waals surface area contributed by atoms with Crippen molar-refractivity contribution in [1.29, 1.82) is 0 Å². The number of carbonyl (C=O) groups is 1.